The summed E-state index contributed by atoms with van der Waals surface area (Å²) in [5, 5.41) is 3.25. The predicted octanol–water partition coefficient (Wildman–Crippen LogP) is 3.66. The maximum absolute atomic E-state index is 5.89. The Morgan fingerprint density at radius 1 is 1.29 bits per heavy atom. The van der Waals surface area contributed by atoms with E-state index in [1.165, 1.54) is 5.56 Å². The van der Waals surface area contributed by atoms with E-state index in [9.17, 15) is 0 Å². The zero-order chi connectivity index (χ0) is 15.2. The average molecular weight is 303 g/mol. The standard InChI is InChI=1S/C17H25N3S/c1-4-12(2)17(14-8-6-5-7-9-14)15(20-18)10-16-19-13(3)11-21-16/h5-9,11-12,15,17,20H,4,10,18H2,1-3H3. The molecule has 3 unspecified atom stereocenters. The maximum Gasteiger partial charge on any atom is 0.0944 e. The van der Waals surface area contributed by atoms with Crippen LogP contribution in [0.5, 0.6) is 0 Å². The lowest BCUT2D eigenvalue weighted by atomic mass is 9.79. The number of hydrogen-bond acceptors (Lipinski definition) is 4. The minimum Gasteiger partial charge on any atom is -0.271 e. The van der Waals surface area contributed by atoms with Crippen molar-refractivity contribution < 1.29 is 0 Å². The van der Waals surface area contributed by atoms with E-state index in [0.717, 1.165) is 23.5 Å². The van der Waals surface area contributed by atoms with Gasteiger partial charge in [0.15, 0.2) is 0 Å². The van der Waals surface area contributed by atoms with Crippen LogP contribution in [0.25, 0.3) is 0 Å². The fourth-order valence-electron chi connectivity index (χ4n) is 2.86. The van der Waals surface area contributed by atoms with Crippen LogP contribution in [0, 0.1) is 12.8 Å². The van der Waals surface area contributed by atoms with Crippen LogP contribution in [0.2, 0.25) is 0 Å². The maximum atomic E-state index is 5.89. The molecule has 0 aliphatic heterocycles. The Morgan fingerprint density at radius 2 is 2.00 bits per heavy atom. The molecule has 114 valence electrons. The van der Waals surface area contributed by atoms with Gasteiger partial charge in [0.2, 0.25) is 0 Å². The van der Waals surface area contributed by atoms with E-state index in [0.29, 0.717) is 11.8 Å². The van der Waals surface area contributed by atoms with Crippen LogP contribution in [-0.4, -0.2) is 11.0 Å². The molecule has 2 aromatic rings. The van der Waals surface area contributed by atoms with Gasteiger partial charge in [0.25, 0.3) is 0 Å². The number of nitrogens with two attached hydrogens (primary N) is 1. The number of hydrazine groups is 1. The smallest absolute Gasteiger partial charge is 0.0944 e. The van der Waals surface area contributed by atoms with Gasteiger partial charge in [-0.2, -0.15) is 0 Å². The third-order valence-electron chi connectivity index (χ3n) is 4.15. The van der Waals surface area contributed by atoms with Crippen molar-refractivity contribution in [2.24, 2.45) is 11.8 Å². The van der Waals surface area contributed by atoms with Crippen LogP contribution in [0.1, 0.15) is 42.5 Å². The van der Waals surface area contributed by atoms with Gasteiger partial charge in [-0.3, -0.25) is 11.3 Å². The van der Waals surface area contributed by atoms with Gasteiger partial charge in [-0.15, -0.1) is 11.3 Å². The number of nitrogens with zero attached hydrogens (tertiary/aromatic N) is 1. The molecule has 1 aromatic carbocycles. The van der Waals surface area contributed by atoms with Crippen molar-refractivity contribution in [3.63, 3.8) is 0 Å². The van der Waals surface area contributed by atoms with Gasteiger partial charge in [-0.1, -0.05) is 50.6 Å². The molecule has 3 nitrogen and oxygen atoms in total. The Morgan fingerprint density at radius 3 is 2.52 bits per heavy atom. The van der Waals surface area contributed by atoms with Crippen molar-refractivity contribution in [1.82, 2.24) is 10.4 Å². The second kappa shape index (κ2) is 7.69. The molecule has 0 saturated heterocycles. The summed E-state index contributed by atoms with van der Waals surface area (Å²) in [6, 6.07) is 10.9. The van der Waals surface area contributed by atoms with E-state index in [-0.39, 0.29) is 6.04 Å². The Balaban J connectivity index is 2.24. The highest BCUT2D eigenvalue weighted by molar-refractivity contribution is 7.09. The summed E-state index contributed by atoms with van der Waals surface area (Å²) in [7, 11) is 0. The zero-order valence-electron chi connectivity index (χ0n) is 13.0. The molecule has 1 heterocycles. The van der Waals surface area contributed by atoms with Crippen LogP contribution >= 0.6 is 11.3 Å². The molecular weight excluding hydrogens is 278 g/mol. The van der Waals surface area contributed by atoms with E-state index in [1.54, 1.807) is 11.3 Å². The van der Waals surface area contributed by atoms with E-state index in [4.69, 9.17) is 5.84 Å². The summed E-state index contributed by atoms with van der Waals surface area (Å²) in [4.78, 5) is 4.58. The van der Waals surface area contributed by atoms with Crippen LogP contribution in [0.15, 0.2) is 35.7 Å². The Hall–Kier alpha value is -1.23. The van der Waals surface area contributed by atoms with E-state index in [2.05, 4.69) is 60.0 Å². The first-order valence-corrected chi connectivity index (χ1v) is 8.45. The highest BCUT2D eigenvalue weighted by Gasteiger charge is 2.27. The molecule has 0 amide bonds. The van der Waals surface area contributed by atoms with Gasteiger partial charge < -0.3 is 0 Å². The minimum absolute atomic E-state index is 0.202. The second-order valence-corrected chi connectivity index (χ2v) is 6.62. The lowest BCUT2D eigenvalue weighted by Crippen LogP contribution is -2.43. The molecule has 2 rings (SSSR count). The molecule has 0 bridgehead atoms. The van der Waals surface area contributed by atoms with Gasteiger partial charge in [0.1, 0.15) is 0 Å². The summed E-state index contributed by atoms with van der Waals surface area (Å²) >= 11 is 1.72. The van der Waals surface area contributed by atoms with Crippen LogP contribution < -0.4 is 11.3 Å². The lowest BCUT2D eigenvalue weighted by molar-refractivity contribution is 0.335. The molecule has 0 radical (unpaired) electrons. The predicted molar refractivity (Wildman–Crippen MR) is 90.3 cm³/mol. The number of aryl methyl sites for hydroxylation is 1. The summed E-state index contributed by atoms with van der Waals surface area (Å²) in [5.74, 6) is 6.84. The number of aromatic nitrogens is 1. The Labute approximate surface area is 131 Å². The molecule has 3 N–H and O–H groups in total. The molecule has 21 heavy (non-hydrogen) atoms. The monoisotopic (exact) mass is 303 g/mol. The van der Waals surface area contributed by atoms with Crippen molar-refractivity contribution in [1.29, 1.82) is 0 Å². The van der Waals surface area contributed by atoms with Gasteiger partial charge in [-0.05, 0) is 18.4 Å². The molecule has 0 aliphatic carbocycles. The van der Waals surface area contributed by atoms with Crippen molar-refractivity contribution in [3.8, 4) is 0 Å². The van der Waals surface area contributed by atoms with Crippen molar-refractivity contribution >= 4 is 11.3 Å². The molecule has 0 fully saturated rings. The lowest BCUT2D eigenvalue weighted by Gasteiger charge is -2.31. The summed E-state index contributed by atoms with van der Waals surface area (Å²) in [5.41, 5.74) is 5.48. The summed E-state index contributed by atoms with van der Waals surface area (Å²) in [6.45, 7) is 6.57. The number of hydrogen-bond donors (Lipinski definition) is 2. The van der Waals surface area contributed by atoms with E-state index >= 15 is 0 Å². The first-order valence-electron chi connectivity index (χ1n) is 7.57. The van der Waals surface area contributed by atoms with Crippen LogP contribution in [-0.2, 0) is 6.42 Å². The number of nitrogens with one attached hydrogen (secondary N) is 1. The first kappa shape index (κ1) is 16.1. The molecule has 4 heteroatoms. The molecule has 1 aromatic heterocycles. The van der Waals surface area contributed by atoms with E-state index < -0.39 is 0 Å². The highest BCUT2D eigenvalue weighted by Crippen LogP contribution is 2.32. The third-order valence-corrected chi connectivity index (χ3v) is 5.14. The quantitative estimate of drug-likeness (QED) is 0.606. The van der Waals surface area contributed by atoms with E-state index in [1.807, 2.05) is 6.92 Å². The van der Waals surface area contributed by atoms with Crippen molar-refractivity contribution in [3.05, 3.63) is 52.0 Å². The molecule has 3 atom stereocenters. The van der Waals surface area contributed by atoms with Crippen molar-refractivity contribution in [2.75, 3.05) is 0 Å². The molecular formula is C17H25N3S. The third kappa shape index (κ3) is 4.13. The molecule has 0 saturated carbocycles. The van der Waals surface area contributed by atoms with Crippen LogP contribution in [0.4, 0.5) is 0 Å². The van der Waals surface area contributed by atoms with Gasteiger partial charge >= 0.3 is 0 Å². The second-order valence-electron chi connectivity index (χ2n) is 5.68. The fraction of sp³-hybridized carbons (Fsp3) is 0.471. The van der Waals surface area contributed by atoms with Crippen LogP contribution in [0.3, 0.4) is 0 Å². The zero-order valence-corrected chi connectivity index (χ0v) is 13.9. The number of benzene rings is 1. The Bertz CT molecular complexity index is 538. The normalized spacial score (nSPS) is 15.6. The molecule has 0 spiro atoms. The largest absolute Gasteiger partial charge is 0.271 e. The number of thiazole rings is 1. The van der Waals surface area contributed by atoms with Crippen molar-refractivity contribution in [2.45, 2.75) is 45.6 Å². The van der Waals surface area contributed by atoms with Gasteiger partial charge in [0.05, 0.1) is 5.01 Å². The summed E-state index contributed by atoms with van der Waals surface area (Å²) in [6.07, 6.45) is 2.01. The first-order chi connectivity index (χ1) is 10.2. The summed E-state index contributed by atoms with van der Waals surface area (Å²) < 4.78 is 0. The highest BCUT2D eigenvalue weighted by atomic mass is 32.1. The SMILES string of the molecule is CCC(C)C(c1ccccc1)C(Cc1nc(C)cs1)NN. The van der Waals surface area contributed by atoms with Gasteiger partial charge in [0, 0.05) is 29.5 Å². The molecule has 0 aliphatic rings. The van der Waals surface area contributed by atoms with Gasteiger partial charge in [-0.25, -0.2) is 4.98 Å². The average Bonchev–Trinajstić information content (AvgIpc) is 2.92. The topological polar surface area (TPSA) is 50.9 Å². The Kier molecular flexibility index (Phi) is 5.91. The number of rotatable bonds is 7. The minimum atomic E-state index is 0.202. The fourth-order valence-corrected chi connectivity index (χ4v) is 3.69.